The third kappa shape index (κ3) is 3.74. The molecule has 5 heteroatoms. The van der Waals surface area contributed by atoms with E-state index >= 15 is 0 Å². The van der Waals surface area contributed by atoms with Crippen LogP contribution in [0.15, 0.2) is 83.9 Å². The normalized spacial score (nSPS) is 10.8. The van der Waals surface area contributed by atoms with Crippen molar-refractivity contribution in [1.82, 2.24) is 9.55 Å². The second kappa shape index (κ2) is 7.96. The average Bonchev–Trinajstić information content (AvgIpc) is 2.75. The van der Waals surface area contributed by atoms with E-state index in [-0.39, 0.29) is 5.56 Å². The summed E-state index contributed by atoms with van der Waals surface area (Å²) in [5, 5.41) is 0.502. The highest BCUT2D eigenvalue weighted by Crippen LogP contribution is 2.31. The molecule has 0 aliphatic heterocycles. The molecular formula is C23H20N2O3. The van der Waals surface area contributed by atoms with E-state index in [9.17, 15) is 4.79 Å². The molecule has 0 saturated heterocycles. The van der Waals surface area contributed by atoms with E-state index in [0.29, 0.717) is 35.6 Å². The number of ether oxygens (including phenoxy) is 2. The highest BCUT2D eigenvalue weighted by atomic mass is 16.5. The van der Waals surface area contributed by atoms with Gasteiger partial charge in [-0.05, 0) is 17.2 Å². The summed E-state index contributed by atoms with van der Waals surface area (Å²) >= 11 is 0. The summed E-state index contributed by atoms with van der Waals surface area (Å²) in [6, 6.07) is 23.2. The summed E-state index contributed by atoms with van der Waals surface area (Å²) in [6.45, 7) is 0.880. The molecule has 0 aliphatic carbocycles. The molecule has 0 aliphatic rings. The highest BCUT2D eigenvalue weighted by Gasteiger charge is 2.12. The van der Waals surface area contributed by atoms with Gasteiger partial charge in [-0.1, -0.05) is 60.7 Å². The van der Waals surface area contributed by atoms with Gasteiger partial charge >= 0.3 is 0 Å². The Bertz CT molecular complexity index is 1140. The average molecular weight is 372 g/mol. The summed E-state index contributed by atoms with van der Waals surface area (Å²) < 4.78 is 13.0. The molecule has 0 saturated carbocycles. The van der Waals surface area contributed by atoms with Gasteiger partial charge in [-0.2, -0.15) is 0 Å². The molecule has 0 atom stereocenters. The second-order valence-corrected chi connectivity index (χ2v) is 6.46. The van der Waals surface area contributed by atoms with Crippen LogP contribution in [0, 0.1) is 0 Å². The van der Waals surface area contributed by atoms with E-state index in [4.69, 9.17) is 9.47 Å². The lowest BCUT2D eigenvalue weighted by Crippen LogP contribution is -2.21. The number of hydrogen-bond acceptors (Lipinski definition) is 4. The third-order valence-electron chi connectivity index (χ3n) is 4.54. The van der Waals surface area contributed by atoms with Gasteiger partial charge in [0.05, 0.1) is 30.9 Å². The SMILES string of the molecule is COc1cc2c(=O)n(Cc3ccccc3)cnc2cc1OCc1ccccc1. The number of benzene rings is 3. The van der Waals surface area contributed by atoms with Gasteiger partial charge < -0.3 is 9.47 Å². The smallest absolute Gasteiger partial charge is 0.261 e. The number of fused-ring (bicyclic) bond motifs is 1. The molecule has 28 heavy (non-hydrogen) atoms. The Morgan fingerprint density at radius 3 is 2.25 bits per heavy atom. The highest BCUT2D eigenvalue weighted by molar-refractivity contribution is 5.81. The standard InChI is InChI=1S/C23H20N2O3/c1-27-21-12-19-20(13-22(21)28-15-18-10-6-3-7-11-18)24-16-25(23(19)26)14-17-8-4-2-5-9-17/h2-13,16H,14-15H2,1H3. The van der Waals surface area contributed by atoms with Crippen LogP contribution in [0.2, 0.25) is 0 Å². The number of methoxy groups -OCH3 is 1. The zero-order valence-corrected chi connectivity index (χ0v) is 15.5. The number of rotatable bonds is 6. The first-order chi connectivity index (χ1) is 13.7. The number of nitrogens with zero attached hydrogens (tertiary/aromatic N) is 2. The second-order valence-electron chi connectivity index (χ2n) is 6.46. The molecule has 5 nitrogen and oxygen atoms in total. The van der Waals surface area contributed by atoms with Crippen LogP contribution in [0.1, 0.15) is 11.1 Å². The molecule has 1 aromatic heterocycles. The van der Waals surface area contributed by atoms with E-state index in [0.717, 1.165) is 11.1 Å². The minimum absolute atomic E-state index is 0.109. The molecular weight excluding hydrogens is 352 g/mol. The summed E-state index contributed by atoms with van der Waals surface area (Å²) in [6.07, 6.45) is 1.57. The maximum atomic E-state index is 12.9. The van der Waals surface area contributed by atoms with E-state index < -0.39 is 0 Å². The monoisotopic (exact) mass is 372 g/mol. The Morgan fingerprint density at radius 1 is 0.893 bits per heavy atom. The van der Waals surface area contributed by atoms with Gasteiger partial charge in [-0.15, -0.1) is 0 Å². The summed E-state index contributed by atoms with van der Waals surface area (Å²) in [5.41, 5.74) is 2.57. The first kappa shape index (κ1) is 17.8. The van der Waals surface area contributed by atoms with E-state index in [2.05, 4.69) is 4.98 Å². The van der Waals surface area contributed by atoms with Crippen LogP contribution in [0.4, 0.5) is 0 Å². The first-order valence-corrected chi connectivity index (χ1v) is 9.02. The zero-order chi connectivity index (χ0) is 19.3. The van der Waals surface area contributed by atoms with Gasteiger partial charge in [0.2, 0.25) is 0 Å². The fourth-order valence-corrected chi connectivity index (χ4v) is 3.07. The molecule has 140 valence electrons. The lowest BCUT2D eigenvalue weighted by molar-refractivity contribution is 0.285. The molecule has 0 spiro atoms. The van der Waals surface area contributed by atoms with Gasteiger partial charge in [0.1, 0.15) is 6.61 Å². The van der Waals surface area contributed by atoms with Crippen LogP contribution in [0.25, 0.3) is 10.9 Å². The van der Waals surface area contributed by atoms with Crippen molar-refractivity contribution < 1.29 is 9.47 Å². The fourth-order valence-electron chi connectivity index (χ4n) is 3.07. The van der Waals surface area contributed by atoms with Gasteiger partial charge in [0.15, 0.2) is 11.5 Å². The van der Waals surface area contributed by atoms with Crippen molar-refractivity contribution in [3.63, 3.8) is 0 Å². The summed E-state index contributed by atoms with van der Waals surface area (Å²) in [5.74, 6) is 1.08. The maximum absolute atomic E-state index is 12.9. The Morgan fingerprint density at radius 2 is 1.57 bits per heavy atom. The summed E-state index contributed by atoms with van der Waals surface area (Å²) in [4.78, 5) is 17.4. The quantitative estimate of drug-likeness (QED) is 0.513. The van der Waals surface area contributed by atoms with Crippen molar-refractivity contribution in [2.75, 3.05) is 7.11 Å². The Labute approximate surface area is 162 Å². The first-order valence-electron chi connectivity index (χ1n) is 9.02. The number of hydrogen-bond donors (Lipinski definition) is 0. The predicted molar refractivity (Wildman–Crippen MR) is 109 cm³/mol. The predicted octanol–water partition coefficient (Wildman–Crippen LogP) is 4.03. The van der Waals surface area contributed by atoms with Gasteiger partial charge in [0.25, 0.3) is 5.56 Å². The zero-order valence-electron chi connectivity index (χ0n) is 15.5. The van der Waals surface area contributed by atoms with Crippen molar-refractivity contribution in [3.05, 3.63) is 101 Å². The van der Waals surface area contributed by atoms with E-state index in [1.807, 2.05) is 60.7 Å². The molecule has 0 unspecified atom stereocenters. The third-order valence-corrected chi connectivity index (χ3v) is 4.54. The van der Waals surface area contributed by atoms with Crippen molar-refractivity contribution in [1.29, 1.82) is 0 Å². The van der Waals surface area contributed by atoms with Crippen molar-refractivity contribution in [3.8, 4) is 11.5 Å². The van der Waals surface area contributed by atoms with Crippen LogP contribution < -0.4 is 15.0 Å². The Kier molecular flexibility index (Phi) is 5.06. The van der Waals surface area contributed by atoms with Crippen molar-refractivity contribution in [2.45, 2.75) is 13.2 Å². The molecule has 0 fully saturated rings. The molecule has 0 amide bonds. The van der Waals surface area contributed by atoms with Gasteiger partial charge in [0, 0.05) is 6.07 Å². The van der Waals surface area contributed by atoms with Crippen LogP contribution in [-0.2, 0) is 13.2 Å². The lowest BCUT2D eigenvalue weighted by Gasteiger charge is -2.13. The van der Waals surface area contributed by atoms with Crippen LogP contribution >= 0.6 is 0 Å². The lowest BCUT2D eigenvalue weighted by atomic mass is 10.2. The molecule has 4 aromatic rings. The topological polar surface area (TPSA) is 53.4 Å². The van der Waals surface area contributed by atoms with Gasteiger partial charge in [-0.25, -0.2) is 4.98 Å². The molecule has 3 aromatic carbocycles. The Balaban J connectivity index is 1.66. The summed E-state index contributed by atoms with van der Waals surface area (Å²) in [7, 11) is 1.56. The van der Waals surface area contributed by atoms with Crippen molar-refractivity contribution in [2.24, 2.45) is 0 Å². The maximum Gasteiger partial charge on any atom is 0.261 e. The van der Waals surface area contributed by atoms with E-state index in [1.54, 1.807) is 30.1 Å². The van der Waals surface area contributed by atoms with Crippen LogP contribution in [0.5, 0.6) is 11.5 Å². The molecule has 0 bridgehead atoms. The minimum atomic E-state index is -0.109. The molecule has 0 radical (unpaired) electrons. The minimum Gasteiger partial charge on any atom is -0.493 e. The van der Waals surface area contributed by atoms with E-state index in [1.165, 1.54) is 0 Å². The van der Waals surface area contributed by atoms with Gasteiger partial charge in [-0.3, -0.25) is 9.36 Å². The van der Waals surface area contributed by atoms with Crippen LogP contribution in [0.3, 0.4) is 0 Å². The van der Waals surface area contributed by atoms with Crippen molar-refractivity contribution >= 4 is 10.9 Å². The largest absolute Gasteiger partial charge is 0.493 e. The Hall–Kier alpha value is -3.60. The van der Waals surface area contributed by atoms with Crippen LogP contribution in [-0.4, -0.2) is 16.7 Å². The molecule has 0 N–H and O–H groups in total. The molecule has 1 heterocycles. The fraction of sp³-hybridized carbons (Fsp3) is 0.130. The number of aromatic nitrogens is 2. The molecule has 4 rings (SSSR count).